The molecule has 1 nitrogen and oxygen atoms in total. The summed E-state index contributed by atoms with van der Waals surface area (Å²) >= 11 is 0. The van der Waals surface area contributed by atoms with Crippen LogP contribution in [-0.4, -0.2) is 6.29 Å². The summed E-state index contributed by atoms with van der Waals surface area (Å²) in [5, 5.41) is 0. The van der Waals surface area contributed by atoms with Gasteiger partial charge in [-0.05, 0) is 73.6 Å². The molecule has 0 bridgehead atoms. The lowest BCUT2D eigenvalue weighted by Crippen LogP contribution is -2.20. The van der Waals surface area contributed by atoms with Gasteiger partial charge in [0.25, 0.3) is 0 Å². The van der Waals surface area contributed by atoms with E-state index in [9.17, 15) is 4.79 Å². The highest BCUT2D eigenvalue weighted by molar-refractivity contribution is 5.97. The van der Waals surface area contributed by atoms with E-state index in [4.69, 9.17) is 0 Å². The second kappa shape index (κ2) is 3.81. The van der Waals surface area contributed by atoms with Gasteiger partial charge in [0.2, 0.25) is 0 Å². The van der Waals surface area contributed by atoms with Crippen LogP contribution in [0.15, 0.2) is 5.57 Å². The monoisotopic (exact) mass is 242 g/mol. The van der Waals surface area contributed by atoms with Crippen molar-refractivity contribution in [3.63, 3.8) is 0 Å². The number of fused-ring (bicyclic) bond motifs is 1. The molecule has 0 atom stereocenters. The van der Waals surface area contributed by atoms with Crippen molar-refractivity contribution in [2.45, 2.75) is 53.9 Å². The number of carbonyl (C=O) groups excluding carboxylic acids is 1. The van der Waals surface area contributed by atoms with Gasteiger partial charge in [0, 0.05) is 11.0 Å². The Kier molecular flexibility index (Phi) is 2.77. The molecule has 0 saturated carbocycles. The normalized spacial score (nSPS) is 17.1. The van der Waals surface area contributed by atoms with Crippen LogP contribution in [-0.2, 0) is 10.2 Å². The summed E-state index contributed by atoms with van der Waals surface area (Å²) in [4.78, 5) is 11.4. The van der Waals surface area contributed by atoms with Crippen LogP contribution in [0.1, 0.15) is 54.2 Å². The number of allylic oxidation sites excluding steroid dienone is 2. The predicted octanol–water partition coefficient (Wildman–Crippen LogP) is 4.18. The second-order valence-electron chi connectivity index (χ2n) is 6.03. The van der Waals surface area contributed by atoms with E-state index >= 15 is 0 Å². The highest BCUT2D eigenvalue weighted by Gasteiger charge is 2.38. The lowest BCUT2D eigenvalue weighted by Gasteiger charge is -2.26. The van der Waals surface area contributed by atoms with Gasteiger partial charge in [0.05, 0.1) is 0 Å². The highest BCUT2D eigenvalue weighted by atomic mass is 16.1. The summed E-state index contributed by atoms with van der Waals surface area (Å²) in [7, 11) is 0. The molecule has 0 heterocycles. The number of benzene rings is 1. The lowest BCUT2D eigenvalue weighted by molar-refractivity contribution is -0.105. The van der Waals surface area contributed by atoms with E-state index in [-0.39, 0.29) is 5.41 Å². The fourth-order valence-electron chi connectivity index (χ4n) is 3.54. The van der Waals surface area contributed by atoms with Crippen molar-refractivity contribution in [1.82, 2.24) is 0 Å². The first kappa shape index (κ1) is 13.1. The van der Waals surface area contributed by atoms with Gasteiger partial charge in [-0.25, -0.2) is 0 Å². The number of hydrogen-bond donors (Lipinski definition) is 0. The van der Waals surface area contributed by atoms with E-state index in [0.717, 1.165) is 17.4 Å². The van der Waals surface area contributed by atoms with Gasteiger partial charge in [-0.1, -0.05) is 13.8 Å². The molecule has 1 aliphatic carbocycles. The molecule has 0 saturated heterocycles. The standard InChI is InChI=1S/C17H22O/c1-9-10(2)12(4)16-15(11(9)3)13(5)14(8-18)17(16,6)7/h8H,1-7H3. The fraction of sp³-hybridized carbons (Fsp3) is 0.471. The zero-order valence-electron chi connectivity index (χ0n) is 12.5. The van der Waals surface area contributed by atoms with E-state index in [2.05, 4.69) is 48.5 Å². The zero-order chi connectivity index (χ0) is 13.8. The molecule has 2 rings (SSSR count). The number of aldehydes is 1. The second-order valence-corrected chi connectivity index (χ2v) is 6.03. The maximum Gasteiger partial charge on any atom is 0.147 e. The summed E-state index contributed by atoms with van der Waals surface area (Å²) in [6.07, 6.45) is 1.04. The van der Waals surface area contributed by atoms with Crippen molar-refractivity contribution in [2.24, 2.45) is 0 Å². The highest BCUT2D eigenvalue weighted by Crippen LogP contribution is 2.49. The Labute approximate surface area is 110 Å². The van der Waals surface area contributed by atoms with Crippen LogP contribution in [0.5, 0.6) is 0 Å². The van der Waals surface area contributed by atoms with Crippen LogP contribution < -0.4 is 0 Å². The largest absolute Gasteiger partial charge is 0.298 e. The van der Waals surface area contributed by atoms with Crippen molar-refractivity contribution in [3.8, 4) is 0 Å². The third-order valence-corrected chi connectivity index (χ3v) is 4.88. The van der Waals surface area contributed by atoms with E-state index in [1.54, 1.807) is 0 Å². The Hall–Kier alpha value is -1.37. The summed E-state index contributed by atoms with van der Waals surface area (Å²) < 4.78 is 0. The van der Waals surface area contributed by atoms with E-state index in [1.165, 1.54) is 33.4 Å². The fourth-order valence-corrected chi connectivity index (χ4v) is 3.54. The van der Waals surface area contributed by atoms with Gasteiger partial charge in [0.15, 0.2) is 0 Å². The van der Waals surface area contributed by atoms with Crippen molar-refractivity contribution in [3.05, 3.63) is 39.0 Å². The van der Waals surface area contributed by atoms with Gasteiger partial charge in [0.1, 0.15) is 6.29 Å². The average Bonchev–Trinajstić information content (AvgIpc) is 2.50. The molecule has 1 aromatic rings. The Morgan fingerprint density at radius 1 is 0.833 bits per heavy atom. The van der Waals surface area contributed by atoms with Crippen molar-refractivity contribution in [1.29, 1.82) is 0 Å². The predicted molar refractivity (Wildman–Crippen MR) is 77.1 cm³/mol. The maximum atomic E-state index is 11.4. The molecular weight excluding hydrogens is 220 g/mol. The molecule has 0 aromatic heterocycles. The van der Waals surface area contributed by atoms with Crippen molar-refractivity contribution < 1.29 is 4.79 Å². The average molecular weight is 242 g/mol. The van der Waals surface area contributed by atoms with Gasteiger partial charge in [-0.15, -0.1) is 0 Å². The molecule has 0 N–H and O–H groups in total. The minimum atomic E-state index is -0.158. The molecule has 0 unspecified atom stereocenters. The quantitative estimate of drug-likeness (QED) is 0.675. The molecule has 0 amide bonds. The van der Waals surface area contributed by atoms with Crippen molar-refractivity contribution in [2.75, 3.05) is 0 Å². The summed E-state index contributed by atoms with van der Waals surface area (Å²) in [6, 6.07) is 0. The number of hydrogen-bond acceptors (Lipinski definition) is 1. The van der Waals surface area contributed by atoms with Gasteiger partial charge < -0.3 is 0 Å². The Bertz CT molecular complexity index is 586. The van der Waals surface area contributed by atoms with Crippen molar-refractivity contribution >= 4 is 11.9 Å². The van der Waals surface area contributed by atoms with Gasteiger partial charge >= 0.3 is 0 Å². The van der Waals surface area contributed by atoms with Gasteiger partial charge in [-0.3, -0.25) is 4.79 Å². The zero-order valence-corrected chi connectivity index (χ0v) is 12.5. The van der Waals surface area contributed by atoms with Crippen LogP contribution in [0.4, 0.5) is 0 Å². The Balaban J connectivity index is 2.97. The molecule has 1 heteroatoms. The minimum absolute atomic E-state index is 0.158. The summed E-state index contributed by atoms with van der Waals surface area (Å²) in [6.45, 7) is 15.1. The third-order valence-electron chi connectivity index (χ3n) is 4.88. The first-order chi connectivity index (χ1) is 8.25. The molecule has 0 fully saturated rings. The van der Waals surface area contributed by atoms with Crippen LogP contribution in [0.3, 0.4) is 0 Å². The first-order valence-corrected chi connectivity index (χ1v) is 6.52. The number of rotatable bonds is 1. The summed E-state index contributed by atoms with van der Waals surface area (Å²) in [5.74, 6) is 0. The summed E-state index contributed by atoms with van der Waals surface area (Å²) in [5.41, 5.74) is 9.99. The van der Waals surface area contributed by atoms with E-state index in [1.807, 2.05) is 0 Å². The Morgan fingerprint density at radius 2 is 1.33 bits per heavy atom. The molecule has 18 heavy (non-hydrogen) atoms. The molecule has 0 spiro atoms. The molecular formula is C17H22O. The van der Waals surface area contributed by atoms with Crippen LogP contribution >= 0.6 is 0 Å². The molecule has 0 radical (unpaired) electrons. The maximum absolute atomic E-state index is 11.4. The van der Waals surface area contributed by atoms with Crippen LogP contribution in [0.2, 0.25) is 0 Å². The number of carbonyl (C=O) groups is 1. The minimum Gasteiger partial charge on any atom is -0.298 e. The lowest BCUT2D eigenvalue weighted by atomic mass is 9.77. The smallest absolute Gasteiger partial charge is 0.147 e. The van der Waals surface area contributed by atoms with E-state index < -0.39 is 0 Å². The molecule has 1 aromatic carbocycles. The Morgan fingerprint density at radius 3 is 1.83 bits per heavy atom. The first-order valence-electron chi connectivity index (χ1n) is 6.52. The van der Waals surface area contributed by atoms with E-state index in [0.29, 0.717) is 0 Å². The van der Waals surface area contributed by atoms with Crippen LogP contribution in [0.25, 0.3) is 5.57 Å². The SMILES string of the molecule is CC1=C(C=O)C(C)(C)c2c(C)c(C)c(C)c(C)c21. The third kappa shape index (κ3) is 1.36. The molecule has 96 valence electrons. The molecule has 1 aliphatic rings. The van der Waals surface area contributed by atoms with Gasteiger partial charge in [-0.2, -0.15) is 0 Å². The van der Waals surface area contributed by atoms with Crippen LogP contribution in [0, 0.1) is 27.7 Å². The topological polar surface area (TPSA) is 17.1 Å². The molecule has 0 aliphatic heterocycles.